The lowest BCUT2D eigenvalue weighted by atomic mass is 10.3. The van der Waals surface area contributed by atoms with Crippen molar-refractivity contribution >= 4 is 33.2 Å². The Bertz CT molecular complexity index is 572. The van der Waals surface area contributed by atoms with Gasteiger partial charge in [-0.05, 0) is 63.5 Å². The molecule has 0 radical (unpaired) electrons. The Hall–Kier alpha value is -0.330. The normalized spacial score (nSPS) is 16.5. The highest BCUT2D eigenvalue weighted by atomic mass is 35.5. The zero-order chi connectivity index (χ0) is 15.3. The van der Waals surface area contributed by atoms with Crippen molar-refractivity contribution in [2.24, 2.45) is 0 Å². The first-order valence-corrected chi connectivity index (χ1v) is 9.40. The maximum absolute atomic E-state index is 12.1. The summed E-state index contributed by atoms with van der Waals surface area (Å²) in [6, 6.07) is 4.32. The third-order valence-corrected chi connectivity index (χ3v) is 5.79. The lowest BCUT2D eigenvalue weighted by Crippen LogP contribution is -2.26. The summed E-state index contributed by atoms with van der Waals surface area (Å²) in [6.07, 6.45) is 4.40. The van der Waals surface area contributed by atoms with Crippen LogP contribution in [0.1, 0.15) is 25.7 Å². The summed E-state index contributed by atoms with van der Waals surface area (Å²) < 4.78 is 26.8. The van der Waals surface area contributed by atoms with Crippen LogP contribution in [0.2, 0.25) is 10.0 Å². The number of rotatable bonds is 7. The van der Waals surface area contributed by atoms with Gasteiger partial charge in [-0.1, -0.05) is 23.2 Å². The van der Waals surface area contributed by atoms with Crippen molar-refractivity contribution in [3.8, 4) is 0 Å². The van der Waals surface area contributed by atoms with E-state index in [2.05, 4.69) is 9.62 Å². The molecule has 1 N–H and O–H groups in total. The van der Waals surface area contributed by atoms with Gasteiger partial charge in [0, 0.05) is 6.54 Å². The minimum atomic E-state index is -3.51. The monoisotopic (exact) mass is 350 g/mol. The first-order chi connectivity index (χ1) is 9.99. The molecule has 0 atom stereocenters. The van der Waals surface area contributed by atoms with Crippen LogP contribution in [0.5, 0.6) is 0 Å². The molecule has 1 aliphatic rings. The molecule has 1 fully saturated rings. The van der Waals surface area contributed by atoms with Crippen LogP contribution in [-0.2, 0) is 10.0 Å². The van der Waals surface area contributed by atoms with Crippen LogP contribution in [0.4, 0.5) is 0 Å². The van der Waals surface area contributed by atoms with E-state index in [0.29, 0.717) is 11.6 Å². The standard InChI is InChI=1S/C14H20Cl2N2O2S/c15-13-6-5-12(11-14(13)16)21(19,20)17-7-1-2-8-18-9-3-4-10-18/h5-6,11,17H,1-4,7-10H2. The van der Waals surface area contributed by atoms with E-state index in [1.807, 2.05) is 0 Å². The SMILES string of the molecule is O=S(=O)(NCCCCN1CCCC1)c1ccc(Cl)c(Cl)c1. The Kier molecular flexibility index (Phi) is 6.32. The molecule has 1 aromatic rings. The van der Waals surface area contributed by atoms with Gasteiger partial charge in [-0.2, -0.15) is 0 Å². The molecule has 1 heterocycles. The van der Waals surface area contributed by atoms with Gasteiger partial charge in [-0.25, -0.2) is 13.1 Å². The van der Waals surface area contributed by atoms with Crippen molar-refractivity contribution in [2.45, 2.75) is 30.6 Å². The second kappa shape index (κ2) is 7.79. The number of unbranched alkanes of at least 4 members (excludes halogenated alkanes) is 1. The van der Waals surface area contributed by atoms with Crippen molar-refractivity contribution in [2.75, 3.05) is 26.2 Å². The maximum atomic E-state index is 12.1. The molecule has 1 saturated heterocycles. The van der Waals surface area contributed by atoms with Gasteiger partial charge < -0.3 is 4.90 Å². The third kappa shape index (κ3) is 5.11. The fraction of sp³-hybridized carbons (Fsp3) is 0.571. The molecule has 0 spiro atoms. The Morgan fingerprint density at radius 2 is 1.81 bits per heavy atom. The van der Waals surface area contributed by atoms with Gasteiger partial charge in [0.05, 0.1) is 14.9 Å². The zero-order valence-corrected chi connectivity index (χ0v) is 14.1. The molecule has 4 nitrogen and oxygen atoms in total. The number of nitrogens with zero attached hydrogens (tertiary/aromatic N) is 1. The molecule has 0 aliphatic carbocycles. The molecule has 0 unspecified atom stereocenters. The van der Waals surface area contributed by atoms with E-state index in [1.54, 1.807) is 0 Å². The van der Waals surface area contributed by atoms with Crippen LogP contribution in [0.15, 0.2) is 23.1 Å². The molecule has 2 rings (SSSR count). The number of nitrogens with one attached hydrogen (secondary N) is 1. The number of sulfonamides is 1. The number of halogens is 2. The number of likely N-dealkylation sites (tertiary alicyclic amines) is 1. The summed E-state index contributed by atoms with van der Waals surface area (Å²) >= 11 is 11.6. The maximum Gasteiger partial charge on any atom is 0.240 e. The molecule has 1 aliphatic heterocycles. The predicted molar refractivity (Wildman–Crippen MR) is 86.6 cm³/mol. The highest BCUT2D eigenvalue weighted by Gasteiger charge is 2.15. The van der Waals surface area contributed by atoms with Crippen molar-refractivity contribution in [1.82, 2.24) is 9.62 Å². The molecule has 0 amide bonds. The van der Waals surface area contributed by atoms with E-state index in [9.17, 15) is 8.42 Å². The summed E-state index contributed by atoms with van der Waals surface area (Å²) in [7, 11) is -3.51. The molecule has 1 aromatic carbocycles. The Morgan fingerprint density at radius 1 is 1.10 bits per heavy atom. The topological polar surface area (TPSA) is 49.4 Å². The fourth-order valence-corrected chi connectivity index (χ4v) is 3.86. The molecule has 0 saturated carbocycles. The predicted octanol–water partition coefficient (Wildman–Crippen LogP) is 3.15. The second-order valence-corrected chi connectivity index (χ2v) is 7.81. The summed E-state index contributed by atoms with van der Waals surface area (Å²) in [5.74, 6) is 0. The van der Waals surface area contributed by atoms with E-state index in [4.69, 9.17) is 23.2 Å². The molecule has 0 aromatic heterocycles. The van der Waals surface area contributed by atoms with Crippen molar-refractivity contribution in [3.05, 3.63) is 28.2 Å². The summed E-state index contributed by atoms with van der Waals surface area (Å²) in [5, 5.41) is 0.592. The Labute approximate surface area is 136 Å². The highest BCUT2D eigenvalue weighted by molar-refractivity contribution is 7.89. The first-order valence-electron chi connectivity index (χ1n) is 7.16. The van der Waals surface area contributed by atoms with Crippen LogP contribution in [0.25, 0.3) is 0 Å². The first kappa shape index (κ1) is 17.0. The van der Waals surface area contributed by atoms with Crippen molar-refractivity contribution < 1.29 is 8.42 Å². The van der Waals surface area contributed by atoms with E-state index >= 15 is 0 Å². The van der Waals surface area contributed by atoms with Gasteiger partial charge in [0.15, 0.2) is 0 Å². The average Bonchev–Trinajstić information content (AvgIpc) is 2.94. The van der Waals surface area contributed by atoms with Gasteiger partial charge in [0.1, 0.15) is 0 Å². The molecule has 7 heteroatoms. The van der Waals surface area contributed by atoms with Crippen LogP contribution in [-0.4, -0.2) is 39.5 Å². The molecule has 118 valence electrons. The second-order valence-electron chi connectivity index (χ2n) is 5.23. The van der Waals surface area contributed by atoms with Crippen LogP contribution in [0, 0.1) is 0 Å². The average molecular weight is 351 g/mol. The summed E-state index contributed by atoms with van der Waals surface area (Å²) in [4.78, 5) is 2.57. The van der Waals surface area contributed by atoms with Gasteiger partial charge in [0.25, 0.3) is 0 Å². The number of hydrogen-bond acceptors (Lipinski definition) is 3. The Balaban J connectivity index is 1.76. The van der Waals surface area contributed by atoms with E-state index in [-0.39, 0.29) is 9.92 Å². The van der Waals surface area contributed by atoms with Crippen LogP contribution in [0.3, 0.4) is 0 Å². The van der Waals surface area contributed by atoms with E-state index < -0.39 is 10.0 Å². The van der Waals surface area contributed by atoms with Gasteiger partial charge >= 0.3 is 0 Å². The van der Waals surface area contributed by atoms with Crippen LogP contribution < -0.4 is 4.72 Å². The summed E-state index contributed by atoms with van der Waals surface area (Å²) in [6.45, 7) is 3.84. The number of hydrogen-bond donors (Lipinski definition) is 1. The lowest BCUT2D eigenvalue weighted by Gasteiger charge is -2.14. The largest absolute Gasteiger partial charge is 0.303 e. The van der Waals surface area contributed by atoms with Crippen molar-refractivity contribution in [1.29, 1.82) is 0 Å². The minimum Gasteiger partial charge on any atom is -0.303 e. The minimum absolute atomic E-state index is 0.149. The van der Waals surface area contributed by atoms with Crippen LogP contribution >= 0.6 is 23.2 Å². The lowest BCUT2D eigenvalue weighted by molar-refractivity contribution is 0.330. The smallest absolute Gasteiger partial charge is 0.240 e. The molecule has 0 bridgehead atoms. The zero-order valence-electron chi connectivity index (χ0n) is 11.8. The van der Waals surface area contributed by atoms with E-state index in [1.165, 1.54) is 44.1 Å². The summed E-state index contributed by atoms with van der Waals surface area (Å²) in [5.41, 5.74) is 0. The molecule has 21 heavy (non-hydrogen) atoms. The van der Waals surface area contributed by atoms with Gasteiger partial charge in [0.2, 0.25) is 10.0 Å². The quantitative estimate of drug-likeness (QED) is 0.768. The van der Waals surface area contributed by atoms with Crippen molar-refractivity contribution in [3.63, 3.8) is 0 Å². The van der Waals surface area contributed by atoms with E-state index in [0.717, 1.165) is 19.4 Å². The van der Waals surface area contributed by atoms with Gasteiger partial charge in [-0.3, -0.25) is 0 Å². The molecular weight excluding hydrogens is 331 g/mol. The highest BCUT2D eigenvalue weighted by Crippen LogP contribution is 2.24. The fourth-order valence-electron chi connectivity index (χ4n) is 2.40. The Morgan fingerprint density at radius 3 is 2.48 bits per heavy atom. The third-order valence-electron chi connectivity index (χ3n) is 3.59. The van der Waals surface area contributed by atoms with Gasteiger partial charge in [-0.15, -0.1) is 0 Å². The number of benzene rings is 1. The molecular formula is C14H20Cl2N2O2S.